The number of nitro groups is 2. The Kier molecular flexibility index (Phi) is 3.68. The highest BCUT2D eigenvalue weighted by molar-refractivity contribution is 6.19. The first-order valence-electron chi connectivity index (χ1n) is 6.98. The van der Waals surface area contributed by atoms with Crippen LogP contribution in [0.2, 0.25) is 0 Å². The van der Waals surface area contributed by atoms with Crippen molar-refractivity contribution >= 4 is 28.1 Å². The normalized spacial score (nSPS) is 10.8. The van der Waals surface area contributed by atoms with Crippen molar-refractivity contribution in [2.24, 2.45) is 0 Å². The third-order valence-corrected chi connectivity index (χ3v) is 3.71. The van der Waals surface area contributed by atoms with Crippen LogP contribution >= 0.6 is 0 Å². The Bertz CT molecular complexity index is 1040. The van der Waals surface area contributed by atoms with Gasteiger partial charge in [-0.1, -0.05) is 30.3 Å². The fourth-order valence-corrected chi connectivity index (χ4v) is 2.64. The second-order valence-electron chi connectivity index (χ2n) is 5.19. The molecule has 0 saturated heterocycles. The van der Waals surface area contributed by atoms with Gasteiger partial charge in [-0.3, -0.25) is 25.0 Å². The van der Waals surface area contributed by atoms with Crippen molar-refractivity contribution in [3.8, 4) is 5.75 Å². The molecule has 0 bridgehead atoms. The molecule has 2 aromatic carbocycles. The number of nitro benzene ring substituents is 2. The molecule has 3 aromatic rings. The van der Waals surface area contributed by atoms with Crippen molar-refractivity contribution < 1.29 is 24.2 Å². The second-order valence-corrected chi connectivity index (χ2v) is 5.19. The molecule has 0 amide bonds. The second kappa shape index (κ2) is 5.71. The molecule has 0 unspecified atom stereocenters. The Morgan fingerprint density at radius 1 is 1.08 bits per heavy atom. The molecule has 9 nitrogen and oxygen atoms in total. The van der Waals surface area contributed by atoms with E-state index in [-0.39, 0.29) is 27.9 Å². The smallest absolute Gasteiger partial charge is 0.280 e. The van der Waals surface area contributed by atoms with Crippen molar-refractivity contribution in [2.75, 3.05) is 0 Å². The van der Waals surface area contributed by atoms with Crippen LogP contribution in [0, 0.1) is 27.2 Å². The van der Waals surface area contributed by atoms with Gasteiger partial charge in [-0.15, -0.1) is 0 Å². The Morgan fingerprint density at radius 3 is 2.28 bits per heavy atom. The number of rotatable bonds is 4. The molecular weight excluding hydrogens is 332 g/mol. The van der Waals surface area contributed by atoms with E-state index in [0.717, 1.165) is 6.07 Å². The highest BCUT2D eigenvalue weighted by atomic mass is 16.6. The lowest BCUT2D eigenvalue weighted by molar-refractivity contribution is -0.415. The number of hydrogen-bond acceptors (Lipinski definition) is 7. The summed E-state index contributed by atoms with van der Waals surface area (Å²) in [6, 6.07) is 8.75. The van der Waals surface area contributed by atoms with Gasteiger partial charge >= 0.3 is 0 Å². The highest BCUT2D eigenvalue weighted by Gasteiger charge is 2.31. The number of furan rings is 1. The molecule has 0 fully saturated rings. The molecule has 126 valence electrons. The van der Waals surface area contributed by atoms with E-state index in [2.05, 4.69) is 0 Å². The van der Waals surface area contributed by atoms with E-state index < -0.39 is 32.8 Å². The maximum atomic E-state index is 12.7. The molecule has 1 heterocycles. The zero-order chi connectivity index (χ0) is 18.3. The van der Waals surface area contributed by atoms with E-state index in [1.165, 1.54) is 19.1 Å². The quantitative estimate of drug-likeness (QED) is 0.403. The lowest BCUT2D eigenvalue weighted by atomic mass is 9.99. The minimum Gasteiger partial charge on any atom is -0.863 e. The summed E-state index contributed by atoms with van der Waals surface area (Å²) in [5.41, 5.74) is -2.19. The van der Waals surface area contributed by atoms with Crippen LogP contribution in [-0.2, 0) is 0 Å². The SMILES string of the molecule is Cc1oc2cc([N+](=O)[O-])c([O-])c([N+](=O)[O-])c2c1C(=O)c1ccccc1. The number of hydrogen-bond donors (Lipinski definition) is 0. The first kappa shape index (κ1) is 16.1. The topological polar surface area (TPSA) is 140 Å². The van der Waals surface area contributed by atoms with Crippen LogP contribution in [0.25, 0.3) is 11.0 Å². The lowest BCUT2D eigenvalue weighted by Crippen LogP contribution is -2.06. The van der Waals surface area contributed by atoms with E-state index in [1.807, 2.05) is 0 Å². The fourth-order valence-electron chi connectivity index (χ4n) is 2.64. The van der Waals surface area contributed by atoms with Gasteiger partial charge in [0.15, 0.2) is 5.78 Å². The van der Waals surface area contributed by atoms with Gasteiger partial charge in [-0.2, -0.15) is 0 Å². The summed E-state index contributed by atoms with van der Waals surface area (Å²) in [6.45, 7) is 1.40. The zero-order valence-corrected chi connectivity index (χ0v) is 12.7. The van der Waals surface area contributed by atoms with Crippen LogP contribution < -0.4 is 5.11 Å². The van der Waals surface area contributed by atoms with Crippen molar-refractivity contribution in [1.29, 1.82) is 0 Å². The van der Waals surface area contributed by atoms with Crippen LogP contribution in [0.4, 0.5) is 11.4 Å². The Labute approximate surface area is 139 Å². The van der Waals surface area contributed by atoms with Crippen molar-refractivity contribution in [2.45, 2.75) is 6.92 Å². The zero-order valence-electron chi connectivity index (χ0n) is 12.7. The molecule has 9 heteroatoms. The van der Waals surface area contributed by atoms with Crippen LogP contribution in [0.15, 0.2) is 40.8 Å². The van der Waals surface area contributed by atoms with Crippen molar-refractivity contribution in [1.82, 2.24) is 0 Å². The predicted molar refractivity (Wildman–Crippen MR) is 83.6 cm³/mol. The minimum atomic E-state index is -1.37. The maximum absolute atomic E-state index is 12.7. The molecule has 0 saturated carbocycles. The number of benzene rings is 2. The van der Waals surface area contributed by atoms with E-state index in [1.54, 1.807) is 18.2 Å². The van der Waals surface area contributed by atoms with Gasteiger partial charge in [0.25, 0.3) is 11.4 Å². The summed E-state index contributed by atoms with van der Waals surface area (Å²) in [4.78, 5) is 33.0. The lowest BCUT2D eigenvalue weighted by Gasteiger charge is -2.08. The molecule has 0 aliphatic heterocycles. The average molecular weight is 341 g/mol. The van der Waals surface area contributed by atoms with Crippen LogP contribution in [0.3, 0.4) is 0 Å². The van der Waals surface area contributed by atoms with E-state index in [9.17, 15) is 30.1 Å². The molecular formula is C16H9N2O7-. The van der Waals surface area contributed by atoms with Gasteiger partial charge in [0.2, 0.25) is 0 Å². The molecule has 0 aliphatic carbocycles. The summed E-state index contributed by atoms with van der Waals surface area (Å²) in [5.74, 6) is -1.91. The molecule has 0 atom stereocenters. The number of aryl methyl sites for hydroxylation is 1. The summed E-state index contributed by atoms with van der Waals surface area (Å²) in [5, 5.41) is 34.1. The number of nitrogens with zero attached hydrogens (tertiary/aromatic N) is 2. The summed E-state index contributed by atoms with van der Waals surface area (Å²) >= 11 is 0. The van der Waals surface area contributed by atoms with Crippen molar-refractivity contribution in [3.05, 3.63) is 73.5 Å². The van der Waals surface area contributed by atoms with Gasteiger partial charge in [-0.25, -0.2) is 0 Å². The summed E-state index contributed by atoms with van der Waals surface area (Å²) < 4.78 is 5.31. The van der Waals surface area contributed by atoms with Gasteiger partial charge in [0.1, 0.15) is 16.7 Å². The summed E-state index contributed by atoms with van der Waals surface area (Å²) in [6.07, 6.45) is 0. The molecule has 3 rings (SSSR count). The third kappa shape index (κ3) is 2.47. The standard InChI is InChI=1S/C16H10N2O7/c1-8-12(15(19)9-5-3-2-4-6-9)13-11(25-8)7-10(17(21)22)16(20)14(13)18(23)24/h2-7,20H,1H3/p-1. The van der Waals surface area contributed by atoms with Gasteiger partial charge in [-0.05, 0) is 6.92 Å². The van der Waals surface area contributed by atoms with Crippen LogP contribution in [0.1, 0.15) is 21.7 Å². The number of ketones is 1. The fraction of sp³-hybridized carbons (Fsp3) is 0.0625. The molecule has 0 radical (unpaired) electrons. The Hall–Kier alpha value is -3.75. The average Bonchev–Trinajstić information content (AvgIpc) is 2.89. The number of fused-ring (bicyclic) bond motifs is 1. The summed E-state index contributed by atoms with van der Waals surface area (Å²) in [7, 11) is 0. The maximum Gasteiger partial charge on any atom is 0.280 e. The monoisotopic (exact) mass is 341 g/mol. The molecule has 25 heavy (non-hydrogen) atoms. The van der Waals surface area contributed by atoms with Crippen molar-refractivity contribution in [3.63, 3.8) is 0 Å². The van der Waals surface area contributed by atoms with Gasteiger partial charge in [0.05, 0.1) is 27.2 Å². The molecule has 0 N–H and O–H groups in total. The van der Waals surface area contributed by atoms with Crippen LogP contribution in [0.5, 0.6) is 5.75 Å². The van der Waals surface area contributed by atoms with Gasteiger partial charge < -0.3 is 9.52 Å². The van der Waals surface area contributed by atoms with Gasteiger partial charge in [0, 0.05) is 5.56 Å². The van der Waals surface area contributed by atoms with E-state index in [0.29, 0.717) is 0 Å². The highest BCUT2D eigenvalue weighted by Crippen LogP contribution is 2.44. The van der Waals surface area contributed by atoms with Crippen LogP contribution in [-0.4, -0.2) is 15.6 Å². The number of carbonyl (C=O) groups is 1. The number of carbonyl (C=O) groups excluding carboxylic acids is 1. The van der Waals surface area contributed by atoms with E-state index in [4.69, 9.17) is 4.42 Å². The molecule has 0 aliphatic rings. The molecule has 0 spiro atoms. The Balaban J connectivity index is 2.40. The Morgan fingerprint density at radius 2 is 1.72 bits per heavy atom. The van der Waals surface area contributed by atoms with E-state index >= 15 is 0 Å². The first-order chi connectivity index (χ1) is 11.8. The predicted octanol–water partition coefficient (Wildman–Crippen LogP) is 2.86. The largest absolute Gasteiger partial charge is 0.863 e. The minimum absolute atomic E-state index is 0.0341. The third-order valence-electron chi connectivity index (χ3n) is 3.71. The first-order valence-corrected chi connectivity index (χ1v) is 6.98. The molecule has 1 aromatic heterocycles.